The SMILES string of the molecule is CCCNC(c1ccncc1)C1CCCCCC1. The lowest BCUT2D eigenvalue weighted by molar-refractivity contribution is 0.325. The molecule has 1 fully saturated rings. The van der Waals surface area contributed by atoms with Gasteiger partial charge in [0.25, 0.3) is 0 Å². The molecule has 0 spiro atoms. The minimum atomic E-state index is 0.533. The van der Waals surface area contributed by atoms with Gasteiger partial charge in [-0.05, 0) is 49.4 Å². The molecule has 1 atom stereocenters. The zero-order chi connectivity index (χ0) is 12.6. The van der Waals surface area contributed by atoms with Crippen LogP contribution in [0.25, 0.3) is 0 Å². The number of hydrogen-bond donors (Lipinski definition) is 1. The second-order valence-electron chi connectivity index (χ2n) is 5.46. The highest BCUT2D eigenvalue weighted by molar-refractivity contribution is 5.16. The van der Waals surface area contributed by atoms with Crippen molar-refractivity contribution in [2.75, 3.05) is 6.54 Å². The molecule has 0 radical (unpaired) electrons. The second kappa shape index (κ2) is 7.52. The van der Waals surface area contributed by atoms with Crippen LogP contribution >= 0.6 is 0 Å². The molecule has 0 aromatic carbocycles. The minimum Gasteiger partial charge on any atom is -0.310 e. The summed E-state index contributed by atoms with van der Waals surface area (Å²) in [4.78, 5) is 4.14. The predicted molar refractivity (Wildman–Crippen MR) is 76.5 cm³/mol. The van der Waals surface area contributed by atoms with Gasteiger partial charge in [-0.25, -0.2) is 0 Å². The van der Waals surface area contributed by atoms with Gasteiger partial charge in [0.2, 0.25) is 0 Å². The van der Waals surface area contributed by atoms with Crippen LogP contribution in [0.2, 0.25) is 0 Å². The summed E-state index contributed by atoms with van der Waals surface area (Å²) in [5, 5.41) is 3.76. The molecule has 1 heterocycles. The van der Waals surface area contributed by atoms with Gasteiger partial charge in [-0.1, -0.05) is 32.6 Å². The Labute approximate surface area is 111 Å². The van der Waals surface area contributed by atoms with Crippen LogP contribution in [-0.2, 0) is 0 Å². The summed E-state index contributed by atoms with van der Waals surface area (Å²) in [5.74, 6) is 0.807. The van der Waals surface area contributed by atoms with E-state index in [9.17, 15) is 0 Å². The van der Waals surface area contributed by atoms with Gasteiger partial charge in [0.15, 0.2) is 0 Å². The van der Waals surface area contributed by atoms with Gasteiger partial charge < -0.3 is 5.32 Å². The summed E-state index contributed by atoms with van der Waals surface area (Å²) in [7, 11) is 0. The molecule has 1 aliphatic rings. The predicted octanol–water partition coefficient (Wildman–Crippen LogP) is 4.09. The summed E-state index contributed by atoms with van der Waals surface area (Å²) < 4.78 is 0. The molecule has 2 nitrogen and oxygen atoms in total. The Hall–Kier alpha value is -0.890. The zero-order valence-corrected chi connectivity index (χ0v) is 11.6. The first kappa shape index (κ1) is 13.5. The normalized spacial score (nSPS) is 19.4. The number of nitrogens with zero attached hydrogens (tertiary/aromatic N) is 1. The number of rotatable bonds is 5. The van der Waals surface area contributed by atoms with Gasteiger partial charge in [0.05, 0.1) is 0 Å². The average molecular weight is 246 g/mol. The Morgan fingerprint density at radius 3 is 2.44 bits per heavy atom. The number of hydrogen-bond acceptors (Lipinski definition) is 2. The number of aromatic nitrogens is 1. The van der Waals surface area contributed by atoms with Crippen LogP contribution in [0.3, 0.4) is 0 Å². The molecular weight excluding hydrogens is 220 g/mol. The van der Waals surface area contributed by atoms with Gasteiger partial charge in [-0.3, -0.25) is 4.98 Å². The van der Waals surface area contributed by atoms with E-state index in [0.717, 1.165) is 12.5 Å². The summed E-state index contributed by atoms with van der Waals surface area (Å²) >= 11 is 0. The van der Waals surface area contributed by atoms with Gasteiger partial charge >= 0.3 is 0 Å². The molecule has 1 aromatic heterocycles. The molecule has 2 rings (SSSR count). The van der Waals surface area contributed by atoms with Crippen molar-refractivity contribution in [2.45, 2.75) is 57.9 Å². The summed E-state index contributed by atoms with van der Waals surface area (Å²) in [5.41, 5.74) is 1.42. The van der Waals surface area contributed by atoms with E-state index in [1.165, 1.54) is 50.5 Å². The molecule has 1 unspecified atom stereocenters. The third kappa shape index (κ3) is 3.81. The standard InChI is InChI=1S/C16H26N2/c1-2-11-18-16(15-9-12-17-13-10-15)14-7-5-3-4-6-8-14/h9-10,12-14,16,18H,2-8,11H2,1H3. The second-order valence-corrected chi connectivity index (χ2v) is 5.46. The summed E-state index contributed by atoms with van der Waals surface area (Å²) in [6.07, 6.45) is 13.5. The smallest absolute Gasteiger partial charge is 0.0349 e. The van der Waals surface area contributed by atoms with Crippen LogP contribution in [0.15, 0.2) is 24.5 Å². The Morgan fingerprint density at radius 2 is 1.83 bits per heavy atom. The lowest BCUT2D eigenvalue weighted by Gasteiger charge is -2.27. The number of nitrogens with one attached hydrogen (secondary N) is 1. The molecule has 0 aliphatic heterocycles. The first-order valence-corrected chi connectivity index (χ1v) is 7.55. The van der Waals surface area contributed by atoms with Gasteiger partial charge in [0.1, 0.15) is 0 Å². The van der Waals surface area contributed by atoms with Crippen LogP contribution in [0.4, 0.5) is 0 Å². The highest BCUT2D eigenvalue weighted by Gasteiger charge is 2.23. The molecule has 18 heavy (non-hydrogen) atoms. The van der Waals surface area contributed by atoms with Crippen molar-refractivity contribution in [3.05, 3.63) is 30.1 Å². The van der Waals surface area contributed by atoms with Crippen LogP contribution < -0.4 is 5.32 Å². The van der Waals surface area contributed by atoms with E-state index in [-0.39, 0.29) is 0 Å². The largest absolute Gasteiger partial charge is 0.310 e. The highest BCUT2D eigenvalue weighted by atomic mass is 14.9. The molecule has 1 aliphatic carbocycles. The van der Waals surface area contributed by atoms with E-state index in [0.29, 0.717) is 6.04 Å². The van der Waals surface area contributed by atoms with E-state index in [1.807, 2.05) is 12.4 Å². The molecule has 0 amide bonds. The lowest BCUT2D eigenvalue weighted by Crippen LogP contribution is -2.29. The Bertz CT molecular complexity index is 315. The van der Waals surface area contributed by atoms with Crippen molar-refractivity contribution < 1.29 is 0 Å². The quantitative estimate of drug-likeness (QED) is 0.791. The van der Waals surface area contributed by atoms with Crippen LogP contribution in [0, 0.1) is 5.92 Å². The fourth-order valence-electron chi connectivity index (χ4n) is 3.07. The van der Waals surface area contributed by atoms with Crippen molar-refractivity contribution in [3.63, 3.8) is 0 Å². The van der Waals surface area contributed by atoms with Crippen LogP contribution in [0.5, 0.6) is 0 Å². The number of pyridine rings is 1. The van der Waals surface area contributed by atoms with Crippen molar-refractivity contribution in [2.24, 2.45) is 5.92 Å². The van der Waals surface area contributed by atoms with Gasteiger partial charge in [-0.2, -0.15) is 0 Å². The van der Waals surface area contributed by atoms with Crippen LogP contribution in [0.1, 0.15) is 63.5 Å². The topological polar surface area (TPSA) is 24.9 Å². The van der Waals surface area contributed by atoms with E-state index < -0.39 is 0 Å². The molecule has 0 bridgehead atoms. The van der Waals surface area contributed by atoms with Crippen molar-refractivity contribution in [3.8, 4) is 0 Å². The van der Waals surface area contributed by atoms with E-state index in [2.05, 4.69) is 29.4 Å². The minimum absolute atomic E-state index is 0.533. The van der Waals surface area contributed by atoms with E-state index in [1.54, 1.807) is 0 Å². The summed E-state index contributed by atoms with van der Waals surface area (Å²) in [6, 6.07) is 4.89. The molecule has 2 heteroatoms. The Balaban J connectivity index is 2.08. The Kier molecular flexibility index (Phi) is 5.66. The summed E-state index contributed by atoms with van der Waals surface area (Å²) in [6.45, 7) is 3.35. The lowest BCUT2D eigenvalue weighted by atomic mass is 9.87. The maximum Gasteiger partial charge on any atom is 0.0349 e. The molecule has 1 aromatic rings. The van der Waals surface area contributed by atoms with Gasteiger partial charge in [-0.15, -0.1) is 0 Å². The molecule has 1 N–H and O–H groups in total. The third-order valence-corrected chi connectivity index (χ3v) is 4.05. The third-order valence-electron chi connectivity index (χ3n) is 4.05. The highest BCUT2D eigenvalue weighted by Crippen LogP contribution is 2.33. The molecule has 100 valence electrons. The monoisotopic (exact) mass is 246 g/mol. The maximum atomic E-state index is 4.14. The van der Waals surface area contributed by atoms with Crippen molar-refractivity contribution >= 4 is 0 Å². The first-order valence-electron chi connectivity index (χ1n) is 7.55. The molecule has 0 saturated heterocycles. The Morgan fingerprint density at radius 1 is 1.17 bits per heavy atom. The van der Waals surface area contributed by atoms with Crippen molar-refractivity contribution in [1.29, 1.82) is 0 Å². The maximum absolute atomic E-state index is 4.14. The fourth-order valence-corrected chi connectivity index (χ4v) is 3.07. The van der Waals surface area contributed by atoms with Gasteiger partial charge in [0, 0.05) is 18.4 Å². The van der Waals surface area contributed by atoms with Crippen molar-refractivity contribution in [1.82, 2.24) is 10.3 Å². The van der Waals surface area contributed by atoms with Crippen LogP contribution in [-0.4, -0.2) is 11.5 Å². The molecular formula is C16H26N2. The average Bonchev–Trinajstić information content (AvgIpc) is 2.70. The van der Waals surface area contributed by atoms with E-state index >= 15 is 0 Å². The first-order chi connectivity index (χ1) is 8.92. The molecule has 1 saturated carbocycles. The zero-order valence-electron chi connectivity index (χ0n) is 11.6. The fraction of sp³-hybridized carbons (Fsp3) is 0.688. The van der Waals surface area contributed by atoms with E-state index in [4.69, 9.17) is 0 Å².